The second-order valence-electron chi connectivity index (χ2n) is 19.6. The maximum absolute atomic E-state index is 5.41. The second-order valence-corrected chi connectivity index (χ2v) is 19.6. The number of benzene rings is 9. The largest absolute Gasteiger partial charge is 0.329 e. The van der Waals surface area contributed by atoms with E-state index in [0.29, 0.717) is 23.5 Å². The van der Waals surface area contributed by atoms with Gasteiger partial charge < -0.3 is 9.47 Å². The molecule has 9 aromatic carbocycles. The van der Waals surface area contributed by atoms with E-state index < -0.39 is 0 Å². The summed E-state index contributed by atoms with van der Waals surface area (Å²) in [5.41, 5.74) is 15.8. The molecule has 0 amide bonds. The maximum atomic E-state index is 5.41. The van der Waals surface area contributed by atoms with Crippen LogP contribution in [0, 0.1) is 0 Å². The van der Waals surface area contributed by atoms with Crippen LogP contribution < -0.4 is 4.90 Å². The van der Waals surface area contributed by atoms with Crippen LogP contribution in [-0.4, -0.2) is 38.6 Å². The maximum Gasteiger partial charge on any atom is 0.238 e. The van der Waals surface area contributed by atoms with E-state index in [-0.39, 0.29) is 12.0 Å². The number of para-hydroxylation sites is 4. The molecule has 1 aliphatic heterocycles. The number of anilines is 2. The fraction of sp³-hybridized carbons (Fsp3) is 0.0299. The van der Waals surface area contributed by atoms with Crippen LogP contribution in [0.5, 0.6) is 0 Å². The Morgan fingerprint density at radius 3 is 1.57 bits per heavy atom. The summed E-state index contributed by atoms with van der Waals surface area (Å²) in [4.78, 5) is 29.0. The first-order chi connectivity index (χ1) is 37.7. The van der Waals surface area contributed by atoms with Crippen LogP contribution in [0.25, 0.3) is 112 Å². The summed E-state index contributed by atoms with van der Waals surface area (Å²) >= 11 is 0. The minimum Gasteiger partial charge on any atom is -0.329 e. The summed E-state index contributed by atoms with van der Waals surface area (Å²) in [6.45, 7) is 0. The first-order valence-electron chi connectivity index (χ1n) is 25.8. The Kier molecular flexibility index (Phi) is 9.26. The normalized spacial score (nSPS) is 14.8. The molecule has 6 heterocycles. The molecule has 0 radical (unpaired) electrons. The van der Waals surface area contributed by atoms with Crippen LogP contribution in [0.3, 0.4) is 0 Å². The van der Waals surface area contributed by atoms with Crippen LogP contribution in [-0.2, 0) is 0 Å². The van der Waals surface area contributed by atoms with E-state index in [1.54, 1.807) is 0 Å². The number of rotatable bonds is 7. The van der Waals surface area contributed by atoms with Gasteiger partial charge in [-0.15, -0.1) is 0 Å². The zero-order valence-corrected chi connectivity index (χ0v) is 40.9. The molecule has 2 aliphatic rings. The average molecular weight is 974 g/mol. The lowest BCUT2D eigenvalue weighted by Gasteiger charge is -2.33. The van der Waals surface area contributed by atoms with Crippen molar-refractivity contribution in [1.29, 1.82) is 0 Å². The summed E-state index contributed by atoms with van der Waals surface area (Å²) in [7, 11) is 0. The van der Waals surface area contributed by atoms with Gasteiger partial charge in [-0.25, -0.2) is 15.0 Å². The highest BCUT2D eigenvalue weighted by atomic mass is 15.3. The standard InChI is InChI=1S/C67H43N9/c1-6-20-42(21-7-1)55-40-41-68-66(69-55)75-56-32-18-16-30-47(56)49-34-36-53-51-38-39-52-54-37-35-50-48-31-17-19-33-57(48)76(67-71-64(43-22-8-2-9-23-43)70-65(72-67)44-24-10-3-11-25-44)63(50)61(54)74(46-28-14-5-15-29-46)59(52)58(51)73(60(53)62(49)75)45-26-12-4-13-27-45/h1-41,54,61H. The smallest absolute Gasteiger partial charge is 0.238 e. The summed E-state index contributed by atoms with van der Waals surface area (Å²) in [6, 6.07) is 81.1. The Morgan fingerprint density at radius 1 is 0.368 bits per heavy atom. The lowest BCUT2D eigenvalue weighted by molar-refractivity contribution is 0.630. The Labute approximate surface area is 436 Å². The van der Waals surface area contributed by atoms with E-state index in [2.05, 4.69) is 213 Å². The molecule has 5 aromatic heterocycles. The molecule has 0 bridgehead atoms. The minimum atomic E-state index is -0.213. The van der Waals surface area contributed by atoms with Crippen molar-refractivity contribution < 1.29 is 0 Å². The van der Waals surface area contributed by atoms with Crippen molar-refractivity contribution in [2.45, 2.75) is 12.0 Å². The number of hydrogen-bond acceptors (Lipinski definition) is 6. The van der Waals surface area contributed by atoms with Gasteiger partial charge in [-0.05, 0) is 48.0 Å². The molecule has 9 nitrogen and oxygen atoms in total. The number of nitrogens with zero attached hydrogens (tertiary/aromatic N) is 9. The van der Waals surface area contributed by atoms with Gasteiger partial charge >= 0.3 is 0 Å². The van der Waals surface area contributed by atoms with Crippen molar-refractivity contribution in [2.24, 2.45) is 0 Å². The van der Waals surface area contributed by atoms with E-state index in [1.807, 2.05) is 54.7 Å². The van der Waals surface area contributed by atoms with Gasteiger partial charge in [-0.3, -0.25) is 9.13 Å². The minimum absolute atomic E-state index is 0.0537. The van der Waals surface area contributed by atoms with Gasteiger partial charge in [0.25, 0.3) is 0 Å². The number of aromatic nitrogens is 8. The highest BCUT2D eigenvalue weighted by molar-refractivity contribution is 6.25. The summed E-state index contributed by atoms with van der Waals surface area (Å²) in [6.07, 6.45) is 6.65. The fourth-order valence-electron chi connectivity index (χ4n) is 12.3. The third-order valence-electron chi connectivity index (χ3n) is 15.5. The monoisotopic (exact) mass is 973 g/mol. The predicted molar refractivity (Wildman–Crippen MR) is 307 cm³/mol. The SMILES string of the molecule is C1=CC2c3ccc4c5ccc6c7ccccc7n(-c7nccc(-c8ccccc8)n7)c6c5n(-c5ccccc5)c4c3N(c3ccccc3)C2c2c1c1ccccc1n2-c1nc(-c2ccccc2)nc(-c2ccccc2)n1. The summed E-state index contributed by atoms with van der Waals surface area (Å²) in [5.74, 6) is 2.36. The average Bonchev–Trinajstić information content (AvgIpc) is 4.35. The van der Waals surface area contributed by atoms with Crippen molar-refractivity contribution in [2.75, 3.05) is 4.90 Å². The van der Waals surface area contributed by atoms with Crippen LogP contribution in [0.15, 0.2) is 243 Å². The van der Waals surface area contributed by atoms with Gasteiger partial charge in [0.1, 0.15) is 0 Å². The van der Waals surface area contributed by atoms with Crippen molar-refractivity contribution in [3.8, 4) is 51.6 Å². The number of fused-ring (bicyclic) bond motifs is 15. The molecule has 9 heteroatoms. The van der Waals surface area contributed by atoms with Crippen molar-refractivity contribution in [3.05, 3.63) is 260 Å². The van der Waals surface area contributed by atoms with Gasteiger partial charge in [-0.1, -0.05) is 200 Å². The van der Waals surface area contributed by atoms with Crippen molar-refractivity contribution in [3.63, 3.8) is 0 Å². The van der Waals surface area contributed by atoms with Gasteiger partial charge in [0.05, 0.1) is 50.7 Å². The van der Waals surface area contributed by atoms with Gasteiger partial charge in [0.2, 0.25) is 11.9 Å². The molecule has 0 saturated heterocycles. The van der Waals surface area contributed by atoms with Gasteiger partial charge in [0.15, 0.2) is 11.6 Å². The lowest BCUT2D eigenvalue weighted by Crippen LogP contribution is -2.27. The van der Waals surface area contributed by atoms with Crippen LogP contribution >= 0.6 is 0 Å². The molecule has 0 fully saturated rings. The van der Waals surface area contributed by atoms with Crippen LogP contribution in [0.4, 0.5) is 11.4 Å². The van der Waals surface area contributed by atoms with Crippen molar-refractivity contribution in [1.82, 2.24) is 38.6 Å². The lowest BCUT2D eigenvalue weighted by atomic mass is 9.85. The van der Waals surface area contributed by atoms with E-state index >= 15 is 0 Å². The zero-order chi connectivity index (χ0) is 49.8. The summed E-state index contributed by atoms with van der Waals surface area (Å²) in [5, 5.41) is 5.68. The first-order valence-corrected chi connectivity index (χ1v) is 25.8. The molecule has 14 aromatic rings. The molecular formula is C67H43N9. The Balaban J connectivity index is 1.01. The van der Waals surface area contributed by atoms with E-state index in [0.717, 1.165) is 105 Å². The molecule has 76 heavy (non-hydrogen) atoms. The third kappa shape index (κ3) is 6.23. The predicted octanol–water partition coefficient (Wildman–Crippen LogP) is 15.8. The molecule has 2 atom stereocenters. The van der Waals surface area contributed by atoms with Gasteiger partial charge in [-0.2, -0.15) is 9.97 Å². The fourth-order valence-corrected chi connectivity index (χ4v) is 12.3. The Hall–Kier alpha value is -10.3. The molecular weight excluding hydrogens is 931 g/mol. The summed E-state index contributed by atoms with van der Waals surface area (Å²) < 4.78 is 7.12. The highest BCUT2D eigenvalue weighted by Gasteiger charge is 2.46. The number of hydrogen-bond donors (Lipinski definition) is 0. The second kappa shape index (κ2) is 16.6. The van der Waals surface area contributed by atoms with E-state index in [1.165, 1.54) is 5.56 Å². The Morgan fingerprint density at radius 2 is 0.895 bits per heavy atom. The molecule has 2 unspecified atom stereocenters. The molecule has 0 N–H and O–H groups in total. The molecule has 0 spiro atoms. The Bertz CT molecular complexity index is 4580. The quantitative estimate of drug-likeness (QED) is 0.158. The highest BCUT2D eigenvalue weighted by Crippen LogP contribution is 2.60. The molecule has 356 valence electrons. The van der Waals surface area contributed by atoms with E-state index in [4.69, 9.17) is 24.9 Å². The van der Waals surface area contributed by atoms with Gasteiger partial charge in [0, 0.05) is 72.7 Å². The molecule has 1 aliphatic carbocycles. The zero-order valence-electron chi connectivity index (χ0n) is 40.9. The topological polar surface area (TPSA) is 82.5 Å². The van der Waals surface area contributed by atoms with Crippen LogP contribution in [0.2, 0.25) is 0 Å². The van der Waals surface area contributed by atoms with Crippen molar-refractivity contribution >= 4 is 72.0 Å². The first kappa shape index (κ1) is 42.3. The molecule has 0 saturated carbocycles. The van der Waals surface area contributed by atoms with Crippen LogP contribution in [0.1, 0.15) is 28.8 Å². The van der Waals surface area contributed by atoms with E-state index in [9.17, 15) is 0 Å². The molecule has 16 rings (SSSR count). The third-order valence-corrected chi connectivity index (χ3v) is 15.5.